The number of anilines is 2. The molecule has 3 saturated heterocycles. The summed E-state index contributed by atoms with van der Waals surface area (Å²) >= 11 is 18.1. The number of fused-ring (bicyclic) bond motifs is 2. The van der Waals surface area contributed by atoms with Crippen molar-refractivity contribution < 1.29 is 28.9 Å². The van der Waals surface area contributed by atoms with Crippen molar-refractivity contribution >= 4 is 63.8 Å². The van der Waals surface area contributed by atoms with Gasteiger partial charge in [-0.25, -0.2) is 4.79 Å². The van der Waals surface area contributed by atoms with Gasteiger partial charge in [0.2, 0.25) is 5.91 Å². The second kappa shape index (κ2) is 12.7. The summed E-state index contributed by atoms with van der Waals surface area (Å²) in [4.78, 5) is 29.6. The van der Waals surface area contributed by atoms with E-state index in [2.05, 4.69) is 27.0 Å². The minimum Gasteiger partial charge on any atom is -0.493 e. The van der Waals surface area contributed by atoms with Crippen molar-refractivity contribution in [2.24, 2.45) is 16.9 Å². The number of hydrogen-bond donors (Lipinski definition) is 1. The fraction of sp³-hybridized carbons (Fsp3) is 0.410. The number of carboxylic acids is 1. The van der Waals surface area contributed by atoms with Crippen LogP contribution in [0, 0.1) is 11.8 Å². The Morgan fingerprint density at radius 1 is 0.981 bits per heavy atom. The second-order valence-corrected chi connectivity index (χ2v) is 15.8. The van der Waals surface area contributed by atoms with Gasteiger partial charge in [0.05, 0.1) is 61.8 Å². The van der Waals surface area contributed by atoms with E-state index in [1.165, 1.54) is 12.0 Å². The van der Waals surface area contributed by atoms with E-state index in [-0.39, 0.29) is 41.6 Å². The number of rotatable bonds is 5. The third-order valence-corrected chi connectivity index (χ3v) is 13.2. The largest absolute Gasteiger partial charge is 0.493 e. The zero-order valence-electron chi connectivity index (χ0n) is 28.6. The first-order valence-electron chi connectivity index (χ1n) is 17.6. The number of aliphatic carboxylic acids is 1. The minimum absolute atomic E-state index is 0.0242. The molecule has 4 fully saturated rings. The van der Waals surface area contributed by atoms with Crippen LogP contribution in [0.15, 0.2) is 71.3 Å². The Kier molecular flexibility index (Phi) is 8.28. The van der Waals surface area contributed by atoms with E-state index in [0.29, 0.717) is 57.4 Å². The molecule has 1 saturated carbocycles. The molecule has 0 unspecified atom stereocenters. The number of carbonyl (C=O) groups excluding carboxylic acids is 1. The molecule has 7 atom stereocenters. The fourth-order valence-corrected chi connectivity index (χ4v) is 11.0. The lowest BCUT2D eigenvalue weighted by molar-refractivity contribution is -0.132. The normalized spacial score (nSPS) is 30.5. The van der Waals surface area contributed by atoms with Crippen molar-refractivity contribution in [1.82, 2.24) is 4.90 Å². The average molecular weight is 764 g/mol. The number of carbonyl (C=O) groups is 2. The number of ether oxygens (including phenoxy) is 3. The molecule has 7 aliphatic rings. The molecule has 1 N–H and O–H groups in total. The first kappa shape index (κ1) is 34.0. The Hall–Kier alpha value is -3.80. The lowest BCUT2D eigenvalue weighted by Crippen LogP contribution is -2.69. The zero-order valence-corrected chi connectivity index (χ0v) is 30.9. The molecule has 6 heterocycles. The summed E-state index contributed by atoms with van der Waals surface area (Å²) in [5.41, 5.74) is 5.44. The van der Waals surface area contributed by atoms with Crippen LogP contribution in [0.3, 0.4) is 0 Å². The molecule has 3 aromatic rings. The van der Waals surface area contributed by atoms with Crippen molar-refractivity contribution in [3.63, 3.8) is 0 Å². The van der Waals surface area contributed by atoms with Crippen molar-refractivity contribution in [1.29, 1.82) is 0 Å². The van der Waals surface area contributed by atoms with Gasteiger partial charge in [-0.3, -0.25) is 14.7 Å². The van der Waals surface area contributed by atoms with Crippen LogP contribution < -0.4 is 19.4 Å². The number of halogens is 3. The Morgan fingerprint density at radius 3 is 2.46 bits per heavy atom. The SMILES string of the molecule is COc1cc2c(cc1OC)[C@@]13CCN4CC5=CCO[C@H]6CC(=O)N2[C@H]1[C@H]6[C@H]5C[C@H]43.O=C(O)C1=NN(c2ccc(Cl)cc2Cl)[C@@H](c2ccc(Cl)cc2)C1. The lowest BCUT2D eigenvalue weighted by Gasteiger charge is -2.58. The number of hydrazone groups is 1. The third kappa shape index (κ3) is 5.01. The highest BCUT2D eigenvalue weighted by Gasteiger charge is 2.71. The summed E-state index contributed by atoms with van der Waals surface area (Å²) < 4.78 is 17.6. The summed E-state index contributed by atoms with van der Waals surface area (Å²) in [7, 11) is 3.36. The van der Waals surface area contributed by atoms with Crippen LogP contribution in [0.1, 0.15) is 42.9 Å². The number of amides is 1. The predicted molar refractivity (Wildman–Crippen MR) is 199 cm³/mol. The fourth-order valence-electron chi connectivity index (χ4n) is 10.3. The quantitative estimate of drug-likeness (QED) is 0.274. The van der Waals surface area contributed by atoms with E-state index in [9.17, 15) is 14.7 Å². The predicted octanol–water partition coefficient (Wildman–Crippen LogP) is 7.15. The van der Waals surface area contributed by atoms with E-state index in [4.69, 9.17) is 49.0 Å². The van der Waals surface area contributed by atoms with Gasteiger partial charge in [0, 0.05) is 46.5 Å². The monoisotopic (exact) mass is 762 g/mol. The first-order valence-corrected chi connectivity index (χ1v) is 18.7. The van der Waals surface area contributed by atoms with Gasteiger partial charge < -0.3 is 24.2 Å². The molecule has 0 aromatic heterocycles. The molecule has 1 aliphatic carbocycles. The van der Waals surface area contributed by atoms with Gasteiger partial charge in [-0.2, -0.15) is 5.10 Å². The van der Waals surface area contributed by atoms with Crippen LogP contribution >= 0.6 is 34.8 Å². The number of methoxy groups -OCH3 is 2. The molecule has 270 valence electrons. The molecular formula is C39H37Cl3N4O6. The average Bonchev–Trinajstić information content (AvgIpc) is 3.79. The van der Waals surface area contributed by atoms with E-state index < -0.39 is 5.97 Å². The molecule has 10 nitrogen and oxygen atoms in total. The van der Waals surface area contributed by atoms with Crippen LogP contribution in [0.25, 0.3) is 0 Å². The molecule has 1 amide bonds. The summed E-state index contributed by atoms with van der Waals surface area (Å²) in [6, 6.07) is 16.8. The van der Waals surface area contributed by atoms with E-state index in [1.54, 1.807) is 55.1 Å². The van der Waals surface area contributed by atoms with Gasteiger partial charge in [-0.05, 0) is 72.8 Å². The van der Waals surface area contributed by atoms with E-state index in [0.717, 1.165) is 36.5 Å². The molecule has 10 rings (SSSR count). The van der Waals surface area contributed by atoms with Gasteiger partial charge in [0.1, 0.15) is 5.71 Å². The summed E-state index contributed by atoms with van der Waals surface area (Å²) in [5.74, 6) is 1.53. The Bertz CT molecular complexity index is 2060. The molecule has 13 heteroatoms. The van der Waals surface area contributed by atoms with Crippen molar-refractivity contribution in [3.05, 3.63) is 92.4 Å². The maximum absolute atomic E-state index is 13.5. The molecule has 2 bridgehead atoms. The molecule has 0 radical (unpaired) electrons. The molecule has 52 heavy (non-hydrogen) atoms. The van der Waals surface area contributed by atoms with Crippen LogP contribution in [0.4, 0.5) is 11.4 Å². The Balaban J connectivity index is 0.000000143. The summed E-state index contributed by atoms with van der Waals surface area (Å²) in [6.45, 7) is 2.80. The van der Waals surface area contributed by atoms with Crippen molar-refractivity contribution in [2.75, 3.05) is 43.8 Å². The second-order valence-electron chi connectivity index (χ2n) is 14.5. The Morgan fingerprint density at radius 2 is 1.73 bits per heavy atom. The highest BCUT2D eigenvalue weighted by atomic mass is 35.5. The molecule has 3 aromatic carbocycles. The zero-order chi connectivity index (χ0) is 36.1. The van der Waals surface area contributed by atoms with Gasteiger partial charge in [-0.15, -0.1) is 0 Å². The van der Waals surface area contributed by atoms with Crippen LogP contribution in [0.5, 0.6) is 11.5 Å². The van der Waals surface area contributed by atoms with Gasteiger partial charge >= 0.3 is 5.97 Å². The first-order chi connectivity index (χ1) is 25.1. The number of carboxylic acid groups (broad SMARTS) is 1. The van der Waals surface area contributed by atoms with E-state index >= 15 is 0 Å². The molecule has 6 aliphatic heterocycles. The topological polar surface area (TPSA) is 104 Å². The number of benzene rings is 3. The minimum atomic E-state index is -1.04. The van der Waals surface area contributed by atoms with Crippen molar-refractivity contribution in [3.8, 4) is 11.5 Å². The smallest absolute Gasteiger partial charge is 0.352 e. The maximum atomic E-state index is 13.5. The number of piperidine rings is 2. The van der Waals surface area contributed by atoms with Crippen molar-refractivity contribution in [2.45, 2.75) is 55.3 Å². The Labute approximate surface area is 316 Å². The standard InChI is InChI=1S/C23H26N2O4.C16H11Cl3N2O2/c1-27-16-8-14-15(9-17(16)28-2)25-20(26)10-18-21-13-7-19-23(14,22(21)25)4-5-24(19)11-12(13)3-6-29-18;17-10-3-1-9(2-4-10)15-8-13(16(22)23)20-21(15)14-6-5-11(18)7-12(14)19/h3,8-9,13,18-19,21-22H,4-7,10-11H2,1-2H3;1-7,15H,8H2,(H,22,23)/t13-,18-,19-,21-,22-,23+;15-/m01/s1. The summed E-state index contributed by atoms with van der Waals surface area (Å²) in [6.07, 6.45) is 5.38. The highest BCUT2D eigenvalue weighted by molar-refractivity contribution is 6.38. The van der Waals surface area contributed by atoms with Gasteiger partial charge in [0.15, 0.2) is 11.5 Å². The number of nitrogens with zero attached hydrogens (tertiary/aromatic N) is 4. The maximum Gasteiger partial charge on any atom is 0.352 e. The summed E-state index contributed by atoms with van der Waals surface area (Å²) in [5, 5.41) is 16.6. The van der Waals surface area contributed by atoms with Crippen LogP contribution in [-0.4, -0.2) is 79.7 Å². The van der Waals surface area contributed by atoms with Gasteiger partial charge in [-0.1, -0.05) is 58.6 Å². The van der Waals surface area contributed by atoms with Crippen LogP contribution in [-0.2, 0) is 19.7 Å². The molecule has 1 spiro atoms. The third-order valence-electron chi connectivity index (χ3n) is 12.4. The van der Waals surface area contributed by atoms with Gasteiger partial charge in [0.25, 0.3) is 0 Å². The highest BCUT2D eigenvalue weighted by Crippen LogP contribution is 2.66. The lowest BCUT2D eigenvalue weighted by atomic mass is 9.53. The van der Waals surface area contributed by atoms with Crippen LogP contribution in [0.2, 0.25) is 15.1 Å². The van der Waals surface area contributed by atoms with E-state index in [1.807, 2.05) is 18.2 Å². The number of hydrogen-bond acceptors (Lipinski definition) is 8. The molecular weight excluding hydrogens is 727 g/mol.